The van der Waals surface area contributed by atoms with E-state index < -0.39 is 12.0 Å². The molecule has 2 rings (SSSR count). The summed E-state index contributed by atoms with van der Waals surface area (Å²) in [6.45, 7) is 1.83. The van der Waals surface area contributed by atoms with Gasteiger partial charge in [-0.1, -0.05) is 11.6 Å². The molecule has 0 radical (unpaired) electrons. The predicted octanol–water partition coefficient (Wildman–Crippen LogP) is 2.39. The standard InChI is InChI=1S/C10H10ClNO3S2/c1-5-12(6(4-16-5)10(14)15)9(13)7-2-3-8(11)17-7/h2-3,5-6H,4H2,1H3,(H,14,15). The van der Waals surface area contributed by atoms with Gasteiger partial charge in [-0.15, -0.1) is 23.1 Å². The SMILES string of the molecule is CC1SCC(C(=O)O)N1C(=O)c1ccc(Cl)s1. The predicted molar refractivity (Wildman–Crippen MR) is 68.8 cm³/mol. The molecule has 2 atom stereocenters. The summed E-state index contributed by atoms with van der Waals surface area (Å²) < 4.78 is 0.528. The summed E-state index contributed by atoms with van der Waals surface area (Å²) >= 11 is 8.41. The Morgan fingerprint density at radius 1 is 1.53 bits per heavy atom. The highest BCUT2D eigenvalue weighted by Crippen LogP contribution is 2.32. The van der Waals surface area contributed by atoms with Gasteiger partial charge >= 0.3 is 5.97 Å². The zero-order valence-corrected chi connectivity index (χ0v) is 11.3. The van der Waals surface area contributed by atoms with E-state index in [1.807, 2.05) is 6.92 Å². The number of carboxylic acid groups (broad SMARTS) is 1. The lowest BCUT2D eigenvalue weighted by atomic mass is 10.2. The molecule has 17 heavy (non-hydrogen) atoms. The van der Waals surface area contributed by atoms with Crippen molar-refractivity contribution in [2.24, 2.45) is 0 Å². The first-order valence-corrected chi connectivity index (χ1v) is 7.17. The lowest BCUT2D eigenvalue weighted by molar-refractivity contribution is -0.141. The van der Waals surface area contributed by atoms with E-state index in [2.05, 4.69) is 0 Å². The van der Waals surface area contributed by atoms with Crippen molar-refractivity contribution in [1.29, 1.82) is 0 Å². The lowest BCUT2D eigenvalue weighted by Gasteiger charge is -2.24. The Labute approximate surface area is 112 Å². The molecule has 92 valence electrons. The van der Waals surface area contributed by atoms with Crippen molar-refractivity contribution in [3.63, 3.8) is 0 Å². The first kappa shape index (κ1) is 12.7. The summed E-state index contributed by atoms with van der Waals surface area (Å²) in [7, 11) is 0. The largest absolute Gasteiger partial charge is 0.480 e. The molecule has 0 aromatic carbocycles. The van der Waals surface area contributed by atoms with Crippen LogP contribution in [0.3, 0.4) is 0 Å². The molecule has 7 heteroatoms. The Hall–Kier alpha value is -0.720. The quantitative estimate of drug-likeness (QED) is 0.909. The Morgan fingerprint density at radius 3 is 2.76 bits per heavy atom. The van der Waals surface area contributed by atoms with Crippen LogP contribution in [0.15, 0.2) is 12.1 Å². The molecule has 1 aliphatic rings. The van der Waals surface area contributed by atoms with Crippen LogP contribution >= 0.6 is 34.7 Å². The molecular formula is C10H10ClNO3S2. The van der Waals surface area contributed by atoms with Gasteiger partial charge in [0.05, 0.1) is 14.6 Å². The summed E-state index contributed by atoms with van der Waals surface area (Å²) in [5, 5.41) is 8.95. The zero-order valence-electron chi connectivity index (χ0n) is 8.92. The van der Waals surface area contributed by atoms with E-state index in [1.54, 1.807) is 12.1 Å². The van der Waals surface area contributed by atoms with Gasteiger partial charge < -0.3 is 10.0 Å². The van der Waals surface area contributed by atoms with Gasteiger partial charge in [-0.2, -0.15) is 0 Å². The number of rotatable bonds is 2. The first-order valence-electron chi connectivity index (χ1n) is 4.93. The highest BCUT2D eigenvalue weighted by molar-refractivity contribution is 8.00. The van der Waals surface area contributed by atoms with Gasteiger partial charge in [-0.3, -0.25) is 4.79 Å². The van der Waals surface area contributed by atoms with Gasteiger partial charge in [0, 0.05) is 5.75 Å². The number of carboxylic acids is 1. The Morgan fingerprint density at radius 2 is 2.24 bits per heavy atom. The highest BCUT2D eigenvalue weighted by Gasteiger charge is 2.40. The smallest absolute Gasteiger partial charge is 0.327 e. The molecule has 0 aliphatic carbocycles. The average molecular weight is 292 g/mol. The third kappa shape index (κ3) is 2.43. The Balaban J connectivity index is 2.25. The summed E-state index contributed by atoms with van der Waals surface area (Å²) in [6.07, 6.45) is 0. The Bertz CT molecular complexity index is 462. The summed E-state index contributed by atoms with van der Waals surface area (Å²) in [5.74, 6) is -0.786. The monoisotopic (exact) mass is 291 g/mol. The van der Waals surface area contributed by atoms with Gasteiger partial charge in [0.25, 0.3) is 5.91 Å². The maximum absolute atomic E-state index is 12.2. The number of hydrogen-bond donors (Lipinski definition) is 1. The number of carbonyl (C=O) groups is 2. The van der Waals surface area contributed by atoms with Crippen molar-refractivity contribution in [3.8, 4) is 0 Å². The third-order valence-corrected chi connectivity index (χ3v) is 4.96. The number of hydrogen-bond acceptors (Lipinski definition) is 4. The van der Waals surface area contributed by atoms with Crippen LogP contribution in [0.2, 0.25) is 4.34 Å². The van der Waals surface area contributed by atoms with Gasteiger partial charge in [-0.25, -0.2) is 4.79 Å². The van der Waals surface area contributed by atoms with Crippen LogP contribution in [0, 0.1) is 0 Å². The van der Waals surface area contributed by atoms with Gasteiger partial charge in [0.15, 0.2) is 0 Å². The minimum Gasteiger partial charge on any atom is -0.480 e. The summed E-state index contributed by atoms with van der Waals surface area (Å²) in [4.78, 5) is 25.1. The second kappa shape index (κ2) is 4.88. The molecule has 1 fully saturated rings. The lowest BCUT2D eigenvalue weighted by Crippen LogP contribution is -2.44. The number of carbonyl (C=O) groups excluding carboxylic acids is 1. The van der Waals surface area contributed by atoms with E-state index >= 15 is 0 Å². The van der Waals surface area contributed by atoms with Crippen molar-refractivity contribution in [2.45, 2.75) is 18.3 Å². The molecule has 1 aromatic rings. The number of halogens is 1. The fraction of sp³-hybridized carbons (Fsp3) is 0.400. The fourth-order valence-electron chi connectivity index (χ4n) is 1.70. The van der Waals surface area contributed by atoms with E-state index in [9.17, 15) is 9.59 Å². The van der Waals surface area contributed by atoms with Crippen molar-refractivity contribution < 1.29 is 14.7 Å². The van der Waals surface area contributed by atoms with E-state index in [4.69, 9.17) is 16.7 Å². The van der Waals surface area contributed by atoms with E-state index in [-0.39, 0.29) is 11.3 Å². The minimum atomic E-state index is -0.960. The number of thiophene rings is 1. The molecule has 4 nitrogen and oxygen atoms in total. The summed E-state index contributed by atoms with van der Waals surface area (Å²) in [5.41, 5.74) is 0. The normalized spacial score (nSPS) is 24.0. The second-order valence-corrected chi connectivity index (χ2v) is 6.67. The van der Waals surface area contributed by atoms with Crippen molar-refractivity contribution in [1.82, 2.24) is 4.90 Å². The molecule has 2 heterocycles. The molecule has 1 amide bonds. The van der Waals surface area contributed by atoms with Crippen LogP contribution < -0.4 is 0 Å². The molecule has 1 N–H and O–H groups in total. The molecule has 1 aromatic heterocycles. The molecule has 0 saturated carbocycles. The second-order valence-electron chi connectivity index (χ2n) is 3.60. The van der Waals surface area contributed by atoms with E-state index in [0.29, 0.717) is 15.0 Å². The minimum absolute atomic E-state index is 0.121. The molecule has 2 unspecified atom stereocenters. The Kier molecular flexibility index (Phi) is 3.65. The topological polar surface area (TPSA) is 57.6 Å². The van der Waals surface area contributed by atoms with Crippen molar-refractivity contribution in [2.75, 3.05) is 5.75 Å². The van der Waals surface area contributed by atoms with Crippen molar-refractivity contribution in [3.05, 3.63) is 21.3 Å². The number of thioether (sulfide) groups is 1. The van der Waals surface area contributed by atoms with Crippen LogP contribution in [0.1, 0.15) is 16.6 Å². The fourth-order valence-corrected chi connectivity index (χ4v) is 3.85. The molecular weight excluding hydrogens is 282 g/mol. The van der Waals surface area contributed by atoms with Gasteiger partial charge in [0.1, 0.15) is 6.04 Å². The first-order chi connectivity index (χ1) is 8.00. The molecule has 1 aliphatic heterocycles. The van der Waals surface area contributed by atoms with Gasteiger partial charge in [-0.05, 0) is 19.1 Å². The molecule has 1 saturated heterocycles. The van der Waals surface area contributed by atoms with Crippen molar-refractivity contribution >= 4 is 46.6 Å². The van der Waals surface area contributed by atoms with Crippen LogP contribution in [0.5, 0.6) is 0 Å². The maximum atomic E-state index is 12.2. The third-order valence-electron chi connectivity index (χ3n) is 2.53. The zero-order chi connectivity index (χ0) is 12.6. The van der Waals surface area contributed by atoms with Crippen LogP contribution in [0.4, 0.5) is 0 Å². The number of aliphatic carboxylic acids is 1. The van der Waals surface area contributed by atoms with Crippen LogP contribution in [-0.2, 0) is 4.79 Å². The summed E-state index contributed by atoms with van der Waals surface area (Å²) in [6, 6.07) is 2.52. The molecule has 0 spiro atoms. The highest BCUT2D eigenvalue weighted by atomic mass is 35.5. The van der Waals surface area contributed by atoms with E-state index in [1.165, 1.54) is 28.0 Å². The average Bonchev–Trinajstić information content (AvgIpc) is 2.83. The molecule has 0 bridgehead atoms. The van der Waals surface area contributed by atoms with Crippen LogP contribution in [-0.4, -0.2) is 39.1 Å². The van der Waals surface area contributed by atoms with Gasteiger partial charge in [0.2, 0.25) is 0 Å². The van der Waals surface area contributed by atoms with Crippen LogP contribution in [0.25, 0.3) is 0 Å². The number of amides is 1. The maximum Gasteiger partial charge on any atom is 0.327 e. The van der Waals surface area contributed by atoms with E-state index in [0.717, 1.165) is 0 Å². The number of nitrogens with zero attached hydrogens (tertiary/aromatic N) is 1.